The van der Waals surface area contributed by atoms with E-state index in [0.717, 1.165) is 13.1 Å². The van der Waals surface area contributed by atoms with E-state index in [4.69, 9.17) is 0 Å². The first-order valence-corrected chi connectivity index (χ1v) is 5.78. The fraction of sp³-hybridized carbons (Fsp3) is 0.583. The van der Waals surface area contributed by atoms with Crippen LogP contribution in [-0.4, -0.2) is 24.1 Å². The van der Waals surface area contributed by atoms with Crippen LogP contribution in [0, 0.1) is 0 Å². The van der Waals surface area contributed by atoms with E-state index in [0.29, 0.717) is 6.04 Å². The SMILES string of the molecule is c1cc(CNCC2CCCCN2)ccn1. The number of piperidine rings is 1. The fourth-order valence-corrected chi connectivity index (χ4v) is 1.99. The summed E-state index contributed by atoms with van der Waals surface area (Å²) in [5.74, 6) is 0. The zero-order valence-corrected chi connectivity index (χ0v) is 9.08. The first-order chi connectivity index (χ1) is 7.45. The Labute approximate surface area is 91.3 Å². The normalized spacial score (nSPS) is 21.5. The number of hydrogen-bond donors (Lipinski definition) is 2. The van der Waals surface area contributed by atoms with Gasteiger partial charge < -0.3 is 10.6 Å². The Morgan fingerprint density at radius 3 is 2.93 bits per heavy atom. The van der Waals surface area contributed by atoms with E-state index in [2.05, 4.69) is 27.8 Å². The van der Waals surface area contributed by atoms with Crippen LogP contribution in [-0.2, 0) is 6.54 Å². The minimum Gasteiger partial charge on any atom is -0.313 e. The molecule has 3 nitrogen and oxygen atoms in total. The van der Waals surface area contributed by atoms with Gasteiger partial charge in [-0.3, -0.25) is 4.98 Å². The van der Waals surface area contributed by atoms with Crippen LogP contribution < -0.4 is 10.6 Å². The molecular formula is C12H19N3. The average molecular weight is 205 g/mol. The Morgan fingerprint density at radius 1 is 1.33 bits per heavy atom. The van der Waals surface area contributed by atoms with Crippen LogP contribution in [0.15, 0.2) is 24.5 Å². The largest absolute Gasteiger partial charge is 0.313 e. The molecule has 1 aliphatic rings. The lowest BCUT2D eigenvalue weighted by molar-refractivity contribution is 0.383. The van der Waals surface area contributed by atoms with Crippen molar-refractivity contribution < 1.29 is 0 Å². The van der Waals surface area contributed by atoms with E-state index in [1.165, 1.54) is 31.4 Å². The monoisotopic (exact) mass is 205 g/mol. The van der Waals surface area contributed by atoms with Crippen LogP contribution in [0.2, 0.25) is 0 Å². The minimum atomic E-state index is 0.667. The maximum Gasteiger partial charge on any atom is 0.0271 e. The van der Waals surface area contributed by atoms with Crippen molar-refractivity contribution in [3.05, 3.63) is 30.1 Å². The molecule has 0 aromatic carbocycles. The van der Waals surface area contributed by atoms with Crippen LogP contribution in [0.1, 0.15) is 24.8 Å². The summed E-state index contributed by atoms with van der Waals surface area (Å²) in [6, 6.07) is 4.78. The highest BCUT2D eigenvalue weighted by molar-refractivity contribution is 5.08. The van der Waals surface area contributed by atoms with Gasteiger partial charge in [0.15, 0.2) is 0 Å². The van der Waals surface area contributed by atoms with Crippen molar-refractivity contribution in [1.29, 1.82) is 0 Å². The second-order valence-corrected chi connectivity index (χ2v) is 4.13. The molecule has 0 saturated carbocycles. The Bertz CT molecular complexity index is 267. The van der Waals surface area contributed by atoms with Crippen LogP contribution in [0.5, 0.6) is 0 Å². The third-order valence-corrected chi connectivity index (χ3v) is 2.88. The lowest BCUT2D eigenvalue weighted by Crippen LogP contribution is -2.41. The fourth-order valence-electron chi connectivity index (χ4n) is 1.99. The second-order valence-electron chi connectivity index (χ2n) is 4.13. The van der Waals surface area contributed by atoms with Gasteiger partial charge in [-0.05, 0) is 37.1 Å². The van der Waals surface area contributed by atoms with Crippen molar-refractivity contribution in [2.75, 3.05) is 13.1 Å². The van der Waals surface area contributed by atoms with E-state index >= 15 is 0 Å². The molecule has 1 aromatic rings. The van der Waals surface area contributed by atoms with Gasteiger partial charge in [-0.2, -0.15) is 0 Å². The number of hydrogen-bond acceptors (Lipinski definition) is 3. The zero-order chi connectivity index (χ0) is 10.3. The van der Waals surface area contributed by atoms with Crippen LogP contribution >= 0.6 is 0 Å². The molecule has 2 rings (SSSR count). The molecule has 1 fully saturated rings. The summed E-state index contributed by atoms with van der Waals surface area (Å²) in [5, 5.41) is 7.01. The van der Waals surface area contributed by atoms with Gasteiger partial charge in [-0.25, -0.2) is 0 Å². The molecule has 2 heterocycles. The Morgan fingerprint density at radius 2 is 2.20 bits per heavy atom. The standard InChI is InChI=1S/C12H19N3/c1-2-6-15-12(3-1)10-14-9-11-4-7-13-8-5-11/h4-5,7-8,12,14-15H,1-3,6,9-10H2. The highest BCUT2D eigenvalue weighted by Crippen LogP contribution is 2.06. The lowest BCUT2D eigenvalue weighted by Gasteiger charge is -2.23. The predicted molar refractivity (Wildman–Crippen MR) is 61.6 cm³/mol. The Kier molecular flexibility index (Phi) is 4.11. The maximum absolute atomic E-state index is 4.00. The predicted octanol–water partition coefficient (Wildman–Crippen LogP) is 1.31. The van der Waals surface area contributed by atoms with Gasteiger partial charge >= 0.3 is 0 Å². The third kappa shape index (κ3) is 3.61. The van der Waals surface area contributed by atoms with Crippen molar-refractivity contribution in [2.24, 2.45) is 0 Å². The topological polar surface area (TPSA) is 37.0 Å². The van der Waals surface area contributed by atoms with Crippen LogP contribution in [0.25, 0.3) is 0 Å². The van der Waals surface area contributed by atoms with Crippen molar-refractivity contribution in [2.45, 2.75) is 31.8 Å². The van der Waals surface area contributed by atoms with Crippen molar-refractivity contribution >= 4 is 0 Å². The van der Waals surface area contributed by atoms with Gasteiger partial charge in [-0.15, -0.1) is 0 Å². The zero-order valence-electron chi connectivity index (χ0n) is 9.08. The van der Waals surface area contributed by atoms with Crippen molar-refractivity contribution in [3.8, 4) is 0 Å². The molecule has 2 N–H and O–H groups in total. The molecule has 3 heteroatoms. The summed E-state index contributed by atoms with van der Waals surface area (Å²) < 4.78 is 0. The van der Waals surface area contributed by atoms with Gasteiger partial charge in [0.25, 0.3) is 0 Å². The van der Waals surface area contributed by atoms with Gasteiger partial charge in [0.2, 0.25) is 0 Å². The van der Waals surface area contributed by atoms with Gasteiger partial charge in [-0.1, -0.05) is 6.42 Å². The van der Waals surface area contributed by atoms with Crippen LogP contribution in [0.3, 0.4) is 0 Å². The molecule has 1 aromatic heterocycles. The van der Waals surface area contributed by atoms with Crippen molar-refractivity contribution in [3.63, 3.8) is 0 Å². The molecule has 1 aliphatic heterocycles. The number of aromatic nitrogens is 1. The molecule has 0 bridgehead atoms. The number of nitrogens with zero attached hydrogens (tertiary/aromatic N) is 1. The Hall–Kier alpha value is -0.930. The number of pyridine rings is 1. The molecule has 1 unspecified atom stereocenters. The average Bonchev–Trinajstić information content (AvgIpc) is 2.32. The molecule has 0 radical (unpaired) electrons. The van der Waals surface area contributed by atoms with E-state index in [1.54, 1.807) is 0 Å². The number of rotatable bonds is 4. The van der Waals surface area contributed by atoms with Gasteiger partial charge in [0.05, 0.1) is 0 Å². The molecule has 0 amide bonds. The van der Waals surface area contributed by atoms with E-state index in [-0.39, 0.29) is 0 Å². The molecule has 15 heavy (non-hydrogen) atoms. The third-order valence-electron chi connectivity index (χ3n) is 2.88. The van der Waals surface area contributed by atoms with E-state index < -0.39 is 0 Å². The number of nitrogens with one attached hydrogen (secondary N) is 2. The lowest BCUT2D eigenvalue weighted by atomic mass is 10.1. The molecule has 0 aliphatic carbocycles. The summed E-state index contributed by atoms with van der Waals surface area (Å²) in [5.41, 5.74) is 1.31. The molecule has 1 saturated heterocycles. The smallest absolute Gasteiger partial charge is 0.0271 e. The summed E-state index contributed by atoms with van der Waals surface area (Å²) in [4.78, 5) is 4.00. The quantitative estimate of drug-likeness (QED) is 0.778. The molecule has 0 spiro atoms. The first kappa shape index (κ1) is 10.6. The van der Waals surface area contributed by atoms with Crippen molar-refractivity contribution in [1.82, 2.24) is 15.6 Å². The summed E-state index contributed by atoms with van der Waals surface area (Å²) >= 11 is 0. The van der Waals surface area contributed by atoms with Gasteiger partial charge in [0, 0.05) is 31.5 Å². The van der Waals surface area contributed by atoms with E-state index in [9.17, 15) is 0 Å². The summed E-state index contributed by atoms with van der Waals surface area (Å²) in [7, 11) is 0. The second kappa shape index (κ2) is 5.83. The molecular weight excluding hydrogens is 186 g/mol. The summed E-state index contributed by atoms with van der Waals surface area (Å²) in [6.07, 6.45) is 7.70. The highest BCUT2D eigenvalue weighted by Gasteiger charge is 2.10. The van der Waals surface area contributed by atoms with E-state index in [1.807, 2.05) is 12.4 Å². The highest BCUT2D eigenvalue weighted by atomic mass is 15.0. The maximum atomic E-state index is 4.00. The van der Waals surface area contributed by atoms with Gasteiger partial charge in [0.1, 0.15) is 0 Å². The van der Waals surface area contributed by atoms with Crippen LogP contribution in [0.4, 0.5) is 0 Å². The Balaban J connectivity index is 1.66. The summed E-state index contributed by atoms with van der Waals surface area (Å²) in [6.45, 7) is 3.20. The first-order valence-electron chi connectivity index (χ1n) is 5.78. The molecule has 1 atom stereocenters. The molecule has 82 valence electrons. The minimum absolute atomic E-state index is 0.667.